The number of carbonyl (C=O) groups excluding carboxylic acids is 2. The van der Waals surface area contributed by atoms with E-state index in [2.05, 4.69) is 11.4 Å². The summed E-state index contributed by atoms with van der Waals surface area (Å²) >= 11 is 0. The van der Waals surface area contributed by atoms with Gasteiger partial charge in [0.25, 0.3) is 5.91 Å². The van der Waals surface area contributed by atoms with Crippen molar-refractivity contribution in [2.45, 2.75) is 13.8 Å². The number of likely N-dealkylation sites (N-methyl/N-ethyl adjacent to an activating group) is 1. The van der Waals surface area contributed by atoms with E-state index < -0.39 is 0 Å². The van der Waals surface area contributed by atoms with E-state index in [1.54, 1.807) is 20.2 Å². The molecule has 0 aliphatic carbocycles. The largest absolute Gasteiger partial charge is 0.347 e. The van der Waals surface area contributed by atoms with Gasteiger partial charge in [-0.2, -0.15) is 0 Å². The number of fused-ring (bicyclic) bond motifs is 1. The fourth-order valence-corrected chi connectivity index (χ4v) is 3.01. The van der Waals surface area contributed by atoms with Gasteiger partial charge >= 0.3 is 0 Å². The maximum absolute atomic E-state index is 12.8. The summed E-state index contributed by atoms with van der Waals surface area (Å²) < 4.78 is 0. The van der Waals surface area contributed by atoms with Gasteiger partial charge in [-0.25, -0.2) is 4.98 Å². The smallest absolute Gasteiger partial charge is 0.252 e. The molecule has 138 valence electrons. The highest BCUT2D eigenvalue weighted by molar-refractivity contribution is 6.08. The monoisotopic (exact) mass is 361 g/mol. The van der Waals surface area contributed by atoms with E-state index in [-0.39, 0.29) is 18.4 Å². The van der Waals surface area contributed by atoms with Gasteiger partial charge in [0.15, 0.2) is 0 Å². The lowest BCUT2D eigenvalue weighted by Gasteiger charge is -2.13. The number of benzene rings is 2. The van der Waals surface area contributed by atoms with Gasteiger partial charge in [0.1, 0.15) is 0 Å². The first-order chi connectivity index (χ1) is 12.9. The first-order valence-corrected chi connectivity index (χ1v) is 8.82. The third kappa shape index (κ3) is 3.97. The number of carbonyl (C=O) groups is 2. The molecule has 5 nitrogen and oxygen atoms in total. The van der Waals surface area contributed by atoms with E-state index in [0.29, 0.717) is 5.56 Å². The highest BCUT2D eigenvalue weighted by Gasteiger charge is 2.16. The molecule has 0 saturated carbocycles. The topological polar surface area (TPSA) is 62.3 Å². The van der Waals surface area contributed by atoms with Crippen molar-refractivity contribution in [2.75, 3.05) is 20.6 Å². The van der Waals surface area contributed by atoms with E-state index in [0.717, 1.165) is 27.7 Å². The SMILES string of the molecule is Cc1ccc(-c2cc(C(=O)NCC(=O)N(C)C)c3ccccc3n2)c(C)c1. The predicted octanol–water partition coefficient (Wildman–Crippen LogP) is 3.34. The zero-order chi connectivity index (χ0) is 19.6. The molecule has 0 bridgehead atoms. The van der Waals surface area contributed by atoms with Gasteiger partial charge in [-0.1, -0.05) is 42.0 Å². The van der Waals surface area contributed by atoms with E-state index >= 15 is 0 Å². The van der Waals surface area contributed by atoms with Crippen LogP contribution in [0.15, 0.2) is 48.5 Å². The molecule has 5 heteroatoms. The second kappa shape index (κ2) is 7.58. The molecule has 0 spiro atoms. The van der Waals surface area contributed by atoms with Crippen LogP contribution < -0.4 is 5.32 Å². The van der Waals surface area contributed by atoms with Crippen LogP contribution in [0.25, 0.3) is 22.2 Å². The molecule has 0 unspecified atom stereocenters. The summed E-state index contributed by atoms with van der Waals surface area (Å²) in [7, 11) is 3.32. The average molecular weight is 361 g/mol. The molecular formula is C22H23N3O2. The standard InChI is InChI=1S/C22H23N3O2/c1-14-9-10-16(15(2)11-14)20-12-18(17-7-5-6-8-19(17)24-20)22(27)23-13-21(26)25(3)4/h5-12H,13H2,1-4H3,(H,23,27). The molecule has 0 aliphatic rings. The van der Waals surface area contributed by atoms with Crippen LogP contribution in [0.1, 0.15) is 21.5 Å². The lowest BCUT2D eigenvalue weighted by atomic mass is 9.99. The molecule has 2 amide bonds. The maximum Gasteiger partial charge on any atom is 0.252 e. The van der Waals surface area contributed by atoms with Crippen molar-refractivity contribution in [3.8, 4) is 11.3 Å². The second-order valence-electron chi connectivity index (χ2n) is 6.86. The highest BCUT2D eigenvalue weighted by Crippen LogP contribution is 2.27. The van der Waals surface area contributed by atoms with Gasteiger partial charge in [0, 0.05) is 25.0 Å². The molecule has 0 atom stereocenters. The Morgan fingerprint density at radius 3 is 2.48 bits per heavy atom. The number of pyridine rings is 1. The van der Waals surface area contributed by atoms with Gasteiger partial charge < -0.3 is 10.2 Å². The Labute approximate surface area is 159 Å². The number of hydrogen-bond acceptors (Lipinski definition) is 3. The Kier molecular flexibility index (Phi) is 5.21. The first kappa shape index (κ1) is 18.6. The maximum atomic E-state index is 12.8. The number of hydrogen-bond donors (Lipinski definition) is 1. The minimum atomic E-state index is -0.283. The second-order valence-corrected chi connectivity index (χ2v) is 6.86. The summed E-state index contributed by atoms with van der Waals surface area (Å²) in [5, 5.41) is 3.48. The summed E-state index contributed by atoms with van der Waals surface area (Å²) in [6, 6.07) is 15.5. The van der Waals surface area contributed by atoms with Crippen LogP contribution >= 0.6 is 0 Å². The van der Waals surface area contributed by atoms with Crippen LogP contribution in [0.5, 0.6) is 0 Å². The van der Waals surface area contributed by atoms with Crippen molar-refractivity contribution < 1.29 is 9.59 Å². The van der Waals surface area contributed by atoms with Gasteiger partial charge in [0.2, 0.25) is 5.91 Å². The molecule has 1 heterocycles. The van der Waals surface area contributed by atoms with Crippen molar-refractivity contribution in [3.05, 3.63) is 65.2 Å². The van der Waals surface area contributed by atoms with Crippen LogP contribution in [0.3, 0.4) is 0 Å². The Morgan fingerprint density at radius 1 is 1.04 bits per heavy atom. The minimum absolute atomic E-state index is 0.0403. The first-order valence-electron chi connectivity index (χ1n) is 8.82. The zero-order valence-electron chi connectivity index (χ0n) is 16.0. The molecule has 0 fully saturated rings. The van der Waals surface area contributed by atoms with Gasteiger partial charge in [-0.05, 0) is 31.5 Å². The quantitative estimate of drug-likeness (QED) is 0.775. The molecule has 0 aliphatic heterocycles. The summed E-state index contributed by atoms with van der Waals surface area (Å²) in [4.78, 5) is 30.8. The summed E-state index contributed by atoms with van der Waals surface area (Å²) in [5.74, 6) is -0.439. The molecule has 0 radical (unpaired) electrons. The summed E-state index contributed by atoms with van der Waals surface area (Å²) in [6.07, 6.45) is 0. The van der Waals surface area contributed by atoms with Gasteiger partial charge in [-0.15, -0.1) is 0 Å². The molecule has 1 N–H and O–H groups in total. The fourth-order valence-electron chi connectivity index (χ4n) is 3.01. The number of para-hydroxylation sites is 1. The molecule has 3 aromatic rings. The van der Waals surface area contributed by atoms with E-state index in [4.69, 9.17) is 4.98 Å². The van der Waals surface area contributed by atoms with E-state index in [1.807, 2.05) is 50.2 Å². The van der Waals surface area contributed by atoms with Crippen LogP contribution in [0.2, 0.25) is 0 Å². The van der Waals surface area contributed by atoms with Crippen LogP contribution in [-0.4, -0.2) is 42.3 Å². The number of aryl methyl sites for hydroxylation is 2. The fraction of sp³-hybridized carbons (Fsp3) is 0.227. The predicted molar refractivity (Wildman–Crippen MR) is 108 cm³/mol. The number of nitrogens with zero attached hydrogens (tertiary/aromatic N) is 2. The van der Waals surface area contributed by atoms with Crippen LogP contribution in [0.4, 0.5) is 0 Å². The van der Waals surface area contributed by atoms with Crippen molar-refractivity contribution >= 4 is 22.7 Å². The van der Waals surface area contributed by atoms with E-state index in [9.17, 15) is 9.59 Å². The number of aromatic nitrogens is 1. The van der Waals surface area contributed by atoms with Gasteiger partial charge in [-0.3, -0.25) is 9.59 Å². The minimum Gasteiger partial charge on any atom is -0.347 e. The van der Waals surface area contributed by atoms with E-state index in [1.165, 1.54) is 10.5 Å². The molecule has 0 saturated heterocycles. The van der Waals surface area contributed by atoms with Crippen molar-refractivity contribution in [1.29, 1.82) is 0 Å². The highest BCUT2D eigenvalue weighted by atomic mass is 16.2. The van der Waals surface area contributed by atoms with Crippen LogP contribution in [-0.2, 0) is 4.79 Å². The Balaban J connectivity index is 2.06. The van der Waals surface area contributed by atoms with Crippen molar-refractivity contribution in [2.24, 2.45) is 0 Å². The molecule has 2 aromatic carbocycles. The molecule has 1 aromatic heterocycles. The normalized spacial score (nSPS) is 10.7. The molecular weight excluding hydrogens is 338 g/mol. The number of nitrogens with one attached hydrogen (secondary N) is 1. The molecule has 3 rings (SSSR count). The van der Waals surface area contributed by atoms with Crippen molar-refractivity contribution in [3.63, 3.8) is 0 Å². The number of rotatable bonds is 4. The third-order valence-electron chi connectivity index (χ3n) is 4.52. The lowest BCUT2D eigenvalue weighted by Crippen LogP contribution is -2.36. The van der Waals surface area contributed by atoms with Crippen molar-refractivity contribution in [1.82, 2.24) is 15.2 Å². The molecule has 27 heavy (non-hydrogen) atoms. The Morgan fingerprint density at radius 2 is 1.78 bits per heavy atom. The van der Waals surface area contributed by atoms with Gasteiger partial charge in [0.05, 0.1) is 23.3 Å². The average Bonchev–Trinajstić information content (AvgIpc) is 2.64. The number of amides is 2. The third-order valence-corrected chi connectivity index (χ3v) is 4.52. The zero-order valence-corrected chi connectivity index (χ0v) is 16.0. The Bertz CT molecular complexity index is 1030. The summed E-state index contributed by atoms with van der Waals surface area (Å²) in [6.45, 7) is 4.04. The summed E-state index contributed by atoms with van der Waals surface area (Å²) in [5.41, 5.74) is 5.28. The van der Waals surface area contributed by atoms with Crippen LogP contribution in [0, 0.1) is 13.8 Å². The Hall–Kier alpha value is -3.21. The lowest BCUT2D eigenvalue weighted by molar-refractivity contribution is -0.127.